The standard InChI is InChI=1S/C3HF7O4S2/c4-1(5,6)2(7,15(11)12)16(13,14)3(8,9)10/h15H. The van der Waals surface area contributed by atoms with Crippen LogP contribution >= 0.6 is 0 Å². The van der Waals surface area contributed by atoms with Gasteiger partial charge in [0.25, 0.3) is 0 Å². The molecule has 98 valence electrons. The molecule has 0 aliphatic rings. The molecule has 4 nitrogen and oxygen atoms in total. The van der Waals surface area contributed by atoms with Gasteiger partial charge in [-0.3, -0.25) is 0 Å². The van der Waals surface area contributed by atoms with Crippen LogP contribution in [0.1, 0.15) is 0 Å². The lowest BCUT2D eigenvalue weighted by atomic mass is 10.7. The first kappa shape index (κ1) is 15.4. The van der Waals surface area contributed by atoms with E-state index in [1.54, 1.807) is 0 Å². The number of alkyl halides is 7. The summed E-state index contributed by atoms with van der Waals surface area (Å²) in [6.45, 7) is 0. The quantitative estimate of drug-likeness (QED) is 0.602. The molecule has 0 aromatic rings. The van der Waals surface area contributed by atoms with Crippen molar-refractivity contribution >= 4 is 20.5 Å². The van der Waals surface area contributed by atoms with Crippen molar-refractivity contribution in [1.82, 2.24) is 0 Å². The molecule has 0 saturated heterocycles. The molecule has 0 bridgehead atoms. The van der Waals surface area contributed by atoms with E-state index < -0.39 is 36.6 Å². The van der Waals surface area contributed by atoms with E-state index in [2.05, 4.69) is 0 Å². The van der Waals surface area contributed by atoms with E-state index in [-0.39, 0.29) is 0 Å². The number of sulfone groups is 1. The molecule has 13 heteroatoms. The lowest BCUT2D eigenvalue weighted by molar-refractivity contribution is -0.174. The predicted molar refractivity (Wildman–Crippen MR) is 35.2 cm³/mol. The van der Waals surface area contributed by atoms with E-state index in [0.717, 1.165) is 0 Å². The van der Waals surface area contributed by atoms with Crippen LogP contribution in [0.4, 0.5) is 30.7 Å². The third kappa shape index (κ3) is 1.97. The summed E-state index contributed by atoms with van der Waals surface area (Å²) in [7, 11) is -13.2. The first-order valence-corrected chi connectivity index (χ1v) is 5.56. The van der Waals surface area contributed by atoms with Gasteiger partial charge >= 0.3 is 25.9 Å². The first-order chi connectivity index (χ1) is 6.69. The summed E-state index contributed by atoms with van der Waals surface area (Å²) in [5, 5.41) is 0. The summed E-state index contributed by atoms with van der Waals surface area (Å²) >= 11 is 0. The van der Waals surface area contributed by atoms with Gasteiger partial charge < -0.3 is 0 Å². The Bertz CT molecular complexity index is 433. The molecule has 16 heavy (non-hydrogen) atoms. The lowest BCUT2D eigenvalue weighted by Gasteiger charge is -2.22. The molecule has 0 aliphatic heterocycles. The lowest BCUT2D eigenvalue weighted by Crippen LogP contribution is -2.54. The highest BCUT2D eigenvalue weighted by Crippen LogP contribution is 2.45. The first-order valence-electron chi connectivity index (χ1n) is 2.90. The van der Waals surface area contributed by atoms with Gasteiger partial charge in [-0.05, 0) is 0 Å². The molecule has 0 spiro atoms. The van der Waals surface area contributed by atoms with E-state index in [1.165, 1.54) is 0 Å². The van der Waals surface area contributed by atoms with Gasteiger partial charge in [0.2, 0.25) is 0 Å². The fraction of sp³-hybridized carbons (Fsp3) is 1.00. The second-order valence-electron chi connectivity index (χ2n) is 2.27. The third-order valence-corrected chi connectivity index (χ3v) is 4.69. The van der Waals surface area contributed by atoms with Crippen molar-refractivity contribution in [1.29, 1.82) is 0 Å². The highest BCUT2D eigenvalue weighted by molar-refractivity contribution is 8.04. The van der Waals surface area contributed by atoms with Gasteiger partial charge in [0.05, 0.1) is 0 Å². The average Bonchev–Trinajstić information content (AvgIpc) is 1.97. The zero-order chi connectivity index (χ0) is 13.6. The molecule has 1 atom stereocenters. The summed E-state index contributed by atoms with van der Waals surface area (Å²) in [5.74, 6) is 0. The van der Waals surface area contributed by atoms with Crippen molar-refractivity contribution in [3.05, 3.63) is 0 Å². The van der Waals surface area contributed by atoms with Gasteiger partial charge in [0.1, 0.15) is 0 Å². The van der Waals surface area contributed by atoms with E-state index in [4.69, 9.17) is 0 Å². The third-order valence-electron chi connectivity index (χ3n) is 1.25. The summed E-state index contributed by atoms with van der Waals surface area (Å²) in [5.41, 5.74) is -6.69. The summed E-state index contributed by atoms with van der Waals surface area (Å²) in [6, 6.07) is 0. The normalized spacial score (nSPS) is 18.5. The zero-order valence-corrected chi connectivity index (χ0v) is 8.35. The van der Waals surface area contributed by atoms with Gasteiger partial charge in [-0.2, -0.15) is 30.7 Å². The molecule has 0 aliphatic carbocycles. The molecule has 0 saturated carbocycles. The zero-order valence-electron chi connectivity index (χ0n) is 6.63. The minimum atomic E-state index is -7.58. The van der Waals surface area contributed by atoms with Gasteiger partial charge in [-0.15, -0.1) is 0 Å². The molecule has 0 N–H and O–H groups in total. The van der Waals surface area contributed by atoms with Crippen LogP contribution in [0.15, 0.2) is 0 Å². The molecule has 0 aromatic carbocycles. The Morgan fingerprint density at radius 1 is 0.812 bits per heavy atom. The van der Waals surface area contributed by atoms with Crippen LogP contribution in [-0.4, -0.2) is 32.9 Å². The van der Waals surface area contributed by atoms with Crippen LogP contribution in [0.2, 0.25) is 0 Å². The molecule has 0 amide bonds. The minimum absolute atomic E-state index is 5.59. The number of thiol groups is 1. The number of halogens is 7. The topological polar surface area (TPSA) is 68.3 Å². The maximum Gasteiger partial charge on any atom is 0.502 e. The van der Waals surface area contributed by atoms with Crippen molar-refractivity contribution in [2.24, 2.45) is 0 Å². The highest BCUT2D eigenvalue weighted by atomic mass is 32.3. The van der Waals surface area contributed by atoms with Crippen molar-refractivity contribution in [2.75, 3.05) is 0 Å². The summed E-state index contributed by atoms with van der Waals surface area (Å²) in [4.78, 5) is 0. The van der Waals surface area contributed by atoms with Gasteiger partial charge in [0, 0.05) is 0 Å². The smallest absolute Gasteiger partial charge is 0.227 e. The Hall–Kier alpha value is -0.590. The molecule has 0 heterocycles. The number of hydrogen-bond acceptors (Lipinski definition) is 4. The van der Waals surface area contributed by atoms with Crippen LogP contribution < -0.4 is 0 Å². The predicted octanol–water partition coefficient (Wildman–Crippen LogP) is 0.718. The molecule has 1 unspecified atom stereocenters. The van der Waals surface area contributed by atoms with Crippen molar-refractivity contribution < 1.29 is 47.6 Å². The molecule has 0 rings (SSSR count). The van der Waals surface area contributed by atoms with Gasteiger partial charge in [-0.25, -0.2) is 16.8 Å². The second kappa shape index (κ2) is 3.72. The van der Waals surface area contributed by atoms with Crippen LogP contribution in [0.5, 0.6) is 0 Å². The van der Waals surface area contributed by atoms with Gasteiger partial charge in [-0.1, -0.05) is 0 Å². The van der Waals surface area contributed by atoms with E-state index >= 15 is 0 Å². The van der Waals surface area contributed by atoms with Gasteiger partial charge in [0.15, 0.2) is 10.7 Å². The molecular weight excluding hydrogens is 297 g/mol. The van der Waals surface area contributed by atoms with Crippen LogP contribution in [-0.2, 0) is 20.5 Å². The minimum Gasteiger partial charge on any atom is -0.227 e. The Morgan fingerprint density at radius 3 is 1.19 bits per heavy atom. The molecule has 0 radical (unpaired) electrons. The van der Waals surface area contributed by atoms with Crippen molar-refractivity contribution in [3.8, 4) is 0 Å². The Kier molecular flexibility index (Phi) is 3.58. The monoisotopic (exact) mass is 298 g/mol. The molecular formula is C3HF7O4S2. The van der Waals surface area contributed by atoms with Crippen LogP contribution in [0.3, 0.4) is 0 Å². The Balaban J connectivity index is 6.20. The molecule has 0 aromatic heterocycles. The fourth-order valence-corrected chi connectivity index (χ4v) is 2.42. The largest absolute Gasteiger partial charge is 0.502 e. The number of hydrogen-bond donors (Lipinski definition) is 1. The molecule has 0 fully saturated rings. The van der Waals surface area contributed by atoms with Crippen LogP contribution in [0, 0.1) is 0 Å². The fourth-order valence-electron chi connectivity index (χ4n) is 0.507. The average molecular weight is 298 g/mol. The van der Waals surface area contributed by atoms with E-state index in [9.17, 15) is 47.6 Å². The Labute approximate surface area is 84.9 Å². The van der Waals surface area contributed by atoms with Crippen molar-refractivity contribution in [3.63, 3.8) is 0 Å². The maximum atomic E-state index is 12.7. The summed E-state index contributed by atoms with van der Waals surface area (Å²) < 4.78 is 116. The van der Waals surface area contributed by atoms with Crippen molar-refractivity contribution in [2.45, 2.75) is 16.0 Å². The highest BCUT2D eigenvalue weighted by Gasteiger charge is 2.76. The SMILES string of the molecule is O=[SH](=O)C(F)(C(F)(F)F)S(=O)(=O)C(F)(F)F. The summed E-state index contributed by atoms with van der Waals surface area (Å²) in [6.07, 6.45) is -6.75. The second-order valence-corrected chi connectivity index (χ2v) is 5.73. The van der Waals surface area contributed by atoms with E-state index in [0.29, 0.717) is 0 Å². The number of rotatable bonds is 2. The van der Waals surface area contributed by atoms with Crippen LogP contribution in [0.25, 0.3) is 0 Å². The maximum absolute atomic E-state index is 12.7. The Morgan fingerprint density at radius 2 is 1.12 bits per heavy atom. The van der Waals surface area contributed by atoms with E-state index in [1.807, 2.05) is 0 Å².